The molecule has 2 aliphatic heterocycles. The van der Waals surface area contributed by atoms with E-state index >= 15 is 0 Å². The Labute approximate surface area is 571 Å². The van der Waals surface area contributed by atoms with Crippen molar-refractivity contribution < 1.29 is 9.47 Å². The second-order valence-electron chi connectivity index (χ2n) is 25.1. The first-order valence-corrected chi connectivity index (χ1v) is 33.4. The molecule has 6 aromatic heterocycles. The van der Waals surface area contributed by atoms with Crippen molar-refractivity contribution in [2.24, 2.45) is 0 Å². The molecule has 464 valence electrons. The number of ether oxygens (including phenoxy) is 2. The number of hydrogen-bond acceptors (Lipinski definition) is 6. The van der Waals surface area contributed by atoms with Crippen LogP contribution in [0.25, 0.3) is 171 Å². The zero-order chi connectivity index (χ0) is 65.2. The summed E-state index contributed by atoms with van der Waals surface area (Å²) in [6.45, 7) is 0. The molecule has 0 radical (unpaired) electrons. The summed E-state index contributed by atoms with van der Waals surface area (Å²) in [6.07, 6.45) is 0. The summed E-state index contributed by atoms with van der Waals surface area (Å²) in [5.41, 5.74) is 21.7. The second kappa shape index (κ2) is 22.5. The molecule has 0 aliphatic carbocycles. The van der Waals surface area contributed by atoms with Gasteiger partial charge in [0.2, 0.25) is 11.2 Å². The molecule has 0 amide bonds. The maximum atomic E-state index is 6.28. The van der Waals surface area contributed by atoms with Crippen molar-refractivity contribution in [3.63, 3.8) is 0 Å². The molecule has 0 bridgehead atoms. The molecule has 0 spiro atoms. The Balaban J connectivity index is 0.000000113. The first-order chi connectivity index (χ1) is 49.0. The molecule has 0 atom stereocenters. The van der Waals surface area contributed by atoms with Gasteiger partial charge in [-0.1, -0.05) is 182 Å². The van der Waals surface area contributed by atoms with E-state index in [1.165, 1.54) is 87.6 Å². The summed E-state index contributed by atoms with van der Waals surface area (Å²) in [5, 5.41) is 12.0. The molecule has 0 fully saturated rings. The summed E-state index contributed by atoms with van der Waals surface area (Å²) >= 11 is 5.98. The van der Waals surface area contributed by atoms with Gasteiger partial charge in [0.1, 0.15) is 23.0 Å². The molecule has 1 N–H and O–H groups in total. The van der Waals surface area contributed by atoms with E-state index in [0.717, 1.165) is 101 Å². The van der Waals surface area contributed by atoms with Crippen LogP contribution < -0.4 is 9.47 Å². The number of aromatic nitrogens is 8. The van der Waals surface area contributed by atoms with Gasteiger partial charge in [-0.2, -0.15) is 0 Å². The Kier molecular flexibility index (Phi) is 12.8. The molecule has 11 heteroatoms. The summed E-state index contributed by atoms with van der Waals surface area (Å²) < 4.78 is 19.1. The highest BCUT2D eigenvalue weighted by molar-refractivity contribution is 6.29. The topological polar surface area (TPSA) is 101 Å². The highest BCUT2D eigenvalue weighted by Crippen LogP contribution is 2.48. The van der Waals surface area contributed by atoms with Crippen molar-refractivity contribution in [3.8, 4) is 85.1 Å². The van der Waals surface area contributed by atoms with Crippen molar-refractivity contribution in [3.05, 3.63) is 321 Å². The highest BCUT2D eigenvalue weighted by Gasteiger charge is 2.26. The fraction of sp³-hybridized carbons (Fsp3) is 0. The third kappa shape index (κ3) is 9.11. The highest BCUT2D eigenvalue weighted by atomic mass is 35.5. The van der Waals surface area contributed by atoms with Gasteiger partial charge in [0, 0.05) is 76.6 Å². The number of halogens is 1. The van der Waals surface area contributed by atoms with E-state index in [9.17, 15) is 0 Å². The average Bonchev–Trinajstić information content (AvgIpc) is 1.71. The third-order valence-electron chi connectivity index (χ3n) is 19.5. The zero-order valence-electron chi connectivity index (χ0n) is 52.8. The van der Waals surface area contributed by atoms with E-state index in [0.29, 0.717) is 5.95 Å². The van der Waals surface area contributed by atoms with E-state index in [1.807, 2.05) is 78.9 Å². The van der Waals surface area contributed by atoms with Gasteiger partial charge in [0.25, 0.3) is 0 Å². The van der Waals surface area contributed by atoms with Crippen LogP contribution in [0, 0.1) is 0 Å². The van der Waals surface area contributed by atoms with Crippen LogP contribution in [-0.2, 0) is 0 Å². The molecular weight excluding hydrogens is 1240 g/mol. The van der Waals surface area contributed by atoms with Gasteiger partial charge in [-0.15, -0.1) is 0 Å². The molecule has 99 heavy (non-hydrogen) atoms. The first-order valence-electron chi connectivity index (χ1n) is 33.0. The van der Waals surface area contributed by atoms with Crippen molar-refractivity contribution >= 4 is 121 Å². The van der Waals surface area contributed by atoms with E-state index in [4.69, 9.17) is 31.0 Å². The molecular formula is C88H53ClN8O2. The normalized spacial score (nSPS) is 12.1. The first kappa shape index (κ1) is 56.2. The molecule has 0 saturated heterocycles. The molecule has 22 rings (SSSR count). The number of nitrogens with zero attached hydrogens (tertiary/aromatic N) is 7. The van der Waals surface area contributed by atoms with Crippen LogP contribution in [0.2, 0.25) is 5.28 Å². The maximum Gasteiger partial charge on any atom is 0.235 e. The molecule has 14 aromatic carbocycles. The maximum absolute atomic E-state index is 6.28. The van der Waals surface area contributed by atoms with Crippen molar-refractivity contribution in [2.45, 2.75) is 0 Å². The lowest BCUT2D eigenvalue weighted by atomic mass is 10.0. The van der Waals surface area contributed by atoms with Crippen LogP contribution in [0.4, 0.5) is 0 Å². The Morgan fingerprint density at radius 2 is 0.687 bits per heavy atom. The summed E-state index contributed by atoms with van der Waals surface area (Å²) in [4.78, 5) is 22.6. The van der Waals surface area contributed by atoms with Crippen LogP contribution >= 0.6 is 11.6 Å². The zero-order valence-corrected chi connectivity index (χ0v) is 53.6. The van der Waals surface area contributed by atoms with Gasteiger partial charge < -0.3 is 23.6 Å². The van der Waals surface area contributed by atoms with Gasteiger partial charge in [-0.25, -0.2) is 19.9 Å². The predicted molar refractivity (Wildman–Crippen MR) is 405 cm³/mol. The number of rotatable bonds is 5. The Hall–Kier alpha value is -13.2. The fourth-order valence-corrected chi connectivity index (χ4v) is 15.3. The van der Waals surface area contributed by atoms with Crippen molar-refractivity contribution in [2.75, 3.05) is 0 Å². The lowest BCUT2D eigenvalue weighted by Gasteiger charge is -2.21. The molecule has 2 aliphatic rings. The van der Waals surface area contributed by atoms with E-state index in [-0.39, 0.29) is 5.28 Å². The predicted octanol–water partition coefficient (Wildman–Crippen LogP) is 23.4. The van der Waals surface area contributed by atoms with Gasteiger partial charge in [-0.3, -0.25) is 4.57 Å². The molecule has 0 saturated carbocycles. The number of aromatic amines is 1. The monoisotopic (exact) mass is 1290 g/mol. The Bertz CT molecular complexity index is 6710. The van der Waals surface area contributed by atoms with E-state index in [2.05, 4.69) is 265 Å². The quantitative estimate of drug-likeness (QED) is 0.172. The standard InChI is InChI=1S/C44H26N4O.C30H20N2.C14H7ClN2O/c1-2-11-29(12-3-1)47-36-17-7-5-14-31(36)34-25-27(22-24-38(34)47)28-21-23-32-30-13-4-8-18-37(30)48(39(32)26-28)44-45-35-16-10-20-41-42(35)43(46-44)33-15-6-9-19-40(33)49-41;1-2-8-22(9-3-1)32-29-13-7-5-11-25(29)26-18-20(15-17-30(26)32)21-14-16-24-23-10-4-6-12-27(23)31-28(24)19-21;15-14-16-9-5-3-7-11-12(9)13(17-14)8-4-1-2-6-10(8)18-11/h1-26H;1-19,31H;1-7H. The minimum Gasteiger partial charge on any atom is -0.456 e. The number of benzene rings is 14. The minimum absolute atomic E-state index is 0.256. The Morgan fingerprint density at radius 1 is 0.273 bits per heavy atom. The number of hydrogen-bond donors (Lipinski definition) is 1. The van der Waals surface area contributed by atoms with Gasteiger partial charge >= 0.3 is 0 Å². The average molecular weight is 1290 g/mol. The van der Waals surface area contributed by atoms with E-state index < -0.39 is 0 Å². The number of H-pyrrole nitrogens is 1. The Morgan fingerprint density at radius 3 is 1.28 bits per heavy atom. The largest absolute Gasteiger partial charge is 0.456 e. The SMILES string of the molecule is Clc1nc2c3c(cccc3n1)Oc1ccccc1-2.c1ccc(-n2c3ccccc3c3cc(-c4ccc5c(c4)[nH]c4ccccc45)ccc32)cc1.c1ccc(-n2c3ccccc3c3cc(-c4ccc5c6ccccc6n(-c6nc7c8c(cccc8n6)Oc6ccccc6-7)c5c4)ccc32)cc1. The van der Waals surface area contributed by atoms with Crippen LogP contribution in [0.1, 0.15) is 0 Å². The minimum atomic E-state index is 0.256. The summed E-state index contributed by atoms with van der Waals surface area (Å²) in [7, 11) is 0. The van der Waals surface area contributed by atoms with Gasteiger partial charge in [0.05, 0.1) is 66.3 Å². The number of para-hydroxylation sites is 8. The molecule has 8 heterocycles. The van der Waals surface area contributed by atoms with Crippen molar-refractivity contribution in [1.29, 1.82) is 0 Å². The molecule has 10 nitrogen and oxygen atoms in total. The van der Waals surface area contributed by atoms with E-state index in [1.54, 1.807) is 0 Å². The second-order valence-corrected chi connectivity index (χ2v) is 25.4. The van der Waals surface area contributed by atoms with Crippen LogP contribution in [-0.4, -0.2) is 38.6 Å². The summed E-state index contributed by atoms with van der Waals surface area (Å²) in [6, 6.07) is 110. The number of nitrogens with one attached hydrogen (secondary N) is 1. The number of fused-ring (bicyclic) bond motifs is 16. The third-order valence-corrected chi connectivity index (χ3v) is 19.6. The smallest absolute Gasteiger partial charge is 0.235 e. The van der Waals surface area contributed by atoms with Gasteiger partial charge in [-0.05, 0) is 167 Å². The molecule has 0 unspecified atom stereocenters. The lowest BCUT2D eigenvalue weighted by molar-refractivity contribution is 0.486. The van der Waals surface area contributed by atoms with Crippen LogP contribution in [0.15, 0.2) is 315 Å². The fourth-order valence-electron chi connectivity index (χ4n) is 15.1. The summed E-state index contributed by atoms with van der Waals surface area (Å²) in [5.74, 6) is 3.80. The van der Waals surface area contributed by atoms with Crippen LogP contribution in [0.3, 0.4) is 0 Å². The lowest BCUT2D eigenvalue weighted by Crippen LogP contribution is -2.06. The van der Waals surface area contributed by atoms with Crippen molar-refractivity contribution in [1.82, 2.24) is 38.6 Å². The molecule has 20 aromatic rings. The van der Waals surface area contributed by atoms with Gasteiger partial charge in [0.15, 0.2) is 0 Å². The van der Waals surface area contributed by atoms with Crippen LogP contribution in [0.5, 0.6) is 23.0 Å².